The molecule has 398 valence electrons. The molecular formula is C54H62F6N6O8. The van der Waals surface area contributed by atoms with Gasteiger partial charge < -0.3 is 18.9 Å². The van der Waals surface area contributed by atoms with Crippen molar-refractivity contribution in [1.82, 2.24) is 19.1 Å². The molecule has 14 nitrogen and oxygen atoms in total. The largest absolute Gasteiger partial charge is 0.444 e. The van der Waals surface area contributed by atoms with Gasteiger partial charge in [-0.25, -0.2) is 19.2 Å². The third-order valence-corrected chi connectivity index (χ3v) is 10.00. The molecule has 74 heavy (non-hydrogen) atoms. The van der Waals surface area contributed by atoms with E-state index < -0.39 is 70.3 Å². The molecule has 6 aromatic rings. The fraction of sp³-hybridized carbons (Fsp3) is 0.407. The van der Waals surface area contributed by atoms with Crippen LogP contribution in [0, 0.1) is 0 Å². The third kappa shape index (κ3) is 17.4. The van der Waals surface area contributed by atoms with Crippen LogP contribution in [-0.2, 0) is 50.6 Å². The predicted octanol–water partition coefficient (Wildman–Crippen LogP) is 14.8. The lowest BCUT2D eigenvalue weighted by atomic mass is 10.0. The molecule has 2 amide bonds. The molecule has 0 fully saturated rings. The summed E-state index contributed by atoms with van der Waals surface area (Å²) in [5, 5.41) is 6.63. The van der Waals surface area contributed by atoms with E-state index >= 15 is 0 Å². The smallest absolute Gasteiger partial charge is 0.419 e. The van der Waals surface area contributed by atoms with Crippen LogP contribution in [0.5, 0.6) is 0 Å². The second-order valence-corrected chi connectivity index (χ2v) is 21.2. The van der Waals surface area contributed by atoms with Crippen LogP contribution >= 0.6 is 0 Å². The van der Waals surface area contributed by atoms with E-state index in [1.807, 2.05) is 24.3 Å². The molecule has 4 heterocycles. The van der Waals surface area contributed by atoms with Crippen LogP contribution in [0.3, 0.4) is 0 Å². The van der Waals surface area contributed by atoms with Crippen molar-refractivity contribution < 1.29 is 64.5 Å². The second kappa shape index (κ2) is 22.4. The van der Waals surface area contributed by atoms with Gasteiger partial charge in [0.1, 0.15) is 22.4 Å². The summed E-state index contributed by atoms with van der Waals surface area (Å²) in [5.41, 5.74) is 0.116. The van der Waals surface area contributed by atoms with Gasteiger partial charge in [-0.1, -0.05) is 18.2 Å². The monoisotopic (exact) mass is 1040 g/mol. The first kappa shape index (κ1) is 57.5. The number of hydrogen-bond donors (Lipinski definition) is 2. The highest BCUT2D eigenvalue weighted by atomic mass is 19.4. The Morgan fingerprint density at radius 3 is 1.38 bits per heavy atom. The number of amides is 2. The lowest BCUT2D eigenvalue weighted by molar-refractivity contribution is -0.138. The molecule has 20 heteroatoms. The fourth-order valence-electron chi connectivity index (χ4n) is 6.99. The number of aryl methyl sites for hydroxylation is 2. The van der Waals surface area contributed by atoms with E-state index in [0.29, 0.717) is 70.3 Å². The molecular weight excluding hydrogens is 975 g/mol. The number of anilines is 2. The van der Waals surface area contributed by atoms with Gasteiger partial charge in [0.05, 0.1) is 39.2 Å². The van der Waals surface area contributed by atoms with Gasteiger partial charge in [0.25, 0.3) is 0 Å². The zero-order valence-electron chi connectivity index (χ0n) is 43.4. The Balaban J connectivity index is 0.000000274. The van der Waals surface area contributed by atoms with E-state index in [1.165, 1.54) is 33.7 Å². The molecule has 0 radical (unpaired) electrons. The molecule has 2 aromatic carbocycles. The number of allylic oxidation sites excluding steroid dienone is 1. The van der Waals surface area contributed by atoms with Crippen molar-refractivity contribution in [3.05, 3.63) is 125 Å². The van der Waals surface area contributed by atoms with Crippen LogP contribution in [0.4, 0.5) is 56.9 Å². The highest BCUT2D eigenvalue weighted by Gasteiger charge is 2.32. The molecule has 0 atom stereocenters. The number of ether oxygens (including phenoxy) is 4. The van der Waals surface area contributed by atoms with Crippen molar-refractivity contribution in [3.8, 4) is 0 Å². The summed E-state index contributed by atoms with van der Waals surface area (Å²) in [7, 11) is 0. The summed E-state index contributed by atoms with van der Waals surface area (Å²) in [5.74, 6) is 0. The summed E-state index contributed by atoms with van der Waals surface area (Å²) >= 11 is 0. The average Bonchev–Trinajstić information content (AvgIpc) is 3.78. The van der Waals surface area contributed by atoms with Gasteiger partial charge in [0.2, 0.25) is 0 Å². The van der Waals surface area contributed by atoms with Gasteiger partial charge >= 0.3 is 36.7 Å². The lowest BCUT2D eigenvalue weighted by Gasteiger charge is -2.20. The number of nitrogens with one attached hydrogen (secondary N) is 2. The first-order chi connectivity index (χ1) is 34.0. The summed E-state index contributed by atoms with van der Waals surface area (Å²) in [6, 6.07) is 15.5. The maximum atomic E-state index is 12.8. The van der Waals surface area contributed by atoms with Crippen LogP contribution in [0.2, 0.25) is 0 Å². The number of aromatic nitrogens is 4. The molecule has 6 rings (SSSR count). The molecule has 4 aromatic heterocycles. The first-order valence-corrected chi connectivity index (χ1v) is 23.5. The molecule has 0 aliphatic carbocycles. The molecule has 0 spiro atoms. The summed E-state index contributed by atoms with van der Waals surface area (Å²) in [6.45, 7) is 21.0. The number of carbonyl (C=O) groups excluding carboxylic acids is 4. The topological polar surface area (TPSA) is 165 Å². The quantitative estimate of drug-likeness (QED) is 0.105. The minimum Gasteiger partial charge on any atom is -0.444 e. The van der Waals surface area contributed by atoms with Gasteiger partial charge in [-0.3, -0.25) is 29.7 Å². The van der Waals surface area contributed by atoms with Crippen molar-refractivity contribution in [1.29, 1.82) is 0 Å². The molecule has 0 aliphatic rings. The Hall–Kier alpha value is -7.38. The number of hydrogen-bond acceptors (Lipinski definition) is 10. The lowest BCUT2D eigenvalue weighted by Crippen LogP contribution is -2.27. The number of fused-ring (bicyclic) bond motifs is 2. The molecule has 0 saturated heterocycles. The van der Waals surface area contributed by atoms with Crippen LogP contribution in [0.1, 0.15) is 123 Å². The van der Waals surface area contributed by atoms with E-state index in [2.05, 4.69) is 20.6 Å². The zero-order chi connectivity index (χ0) is 55.2. The summed E-state index contributed by atoms with van der Waals surface area (Å²) < 4.78 is 101. The van der Waals surface area contributed by atoms with E-state index in [1.54, 1.807) is 107 Å². The van der Waals surface area contributed by atoms with Crippen LogP contribution < -0.4 is 10.6 Å². The summed E-state index contributed by atoms with van der Waals surface area (Å²) in [4.78, 5) is 58.3. The van der Waals surface area contributed by atoms with Gasteiger partial charge in [0.15, 0.2) is 0 Å². The van der Waals surface area contributed by atoms with Gasteiger partial charge in [-0.05, 0) is 175 Å². The Morgan fingerprint density at radius 1 is 0.541 bits per heavy atom. The number of halogens is 6. The predicted molar refractivity (Wildman–Crippen MR) is 270 cm³/mol. The highest BCUT2D eigenvalue weighted by Crippen LogP contribution is 2.33. The van der Waals surface area contributed by atoms with Crippen LogP contribution in [-0.4, -0.2) is 65.9 Å². The van der Waals surface area contributed by atoms with Crippen molar-refractivity contribution in [2.24, 2.45) is 0 Å². The molecule has 0 aliphatic heterocycles. The number of nitrogens with zero attached hydrogens (tertiary/aromatic N) is 4. The molecule has 0 saturated carbocycles. The number of pyridine rings is 2. The van der Waals surface area contributed by atoms with Crippen molar-refractivity contribution in [2.75, 3.05) is 10.6 Å². The average molecular weight is 1040 g/mol. The standard InChI is InChI=1S/C27H32F3N3O4.C27H30F3N3O4/c2*1-25(2,3)36-23(34)32-21-16-33(24(35)37-26(4,5)6)22-13-10-17(14-20(21)22)8-7-9-19-12-11-18(15-31-19)27(28,29)30/h10-16H,7-9H2,1-6H3,(H,32,34);7,9-16H,8H2,1-6H3,(H,32,34)/b;9-7+. The van der Waals surface area contributed by atoms with Crippen LogP contribution in [0.25, 0.3) is 27.9 Å². The fourth-order valence-corrected chi connectivity index (χ4v) is 6.99. The van der Waals surface area contributed by atoms with Crippen molar-refractivity contribution in [3.63, 3.8) is 0 Å². The van der Waals surface area contributed by atoms with Crippen molar-refractivity contribution >= 4 is 63.6 Å². The minimum atomic E-state index is -4.44. The normalized spacial score (nSPS) is 12.6. The molecule has 2 N–H and O–H groups in total. The minimum absolute atomic E-state index is 0.366. The maximum absolute atomic E-state index is 12.8. The zero-order valence-corrected chi connectivity index (χ0v) is 43.4. The van der Waals surface area contributed by atoms with Crippen molar-refractivity contribution in [2.45, 2.75) is 144 Å². The van der Waals surface area contributed by atoms with Crippen LogP contribution in [0.15, 0.2) is 91.5 Å². The number of alkyl halides is 6. The Labute approximate surface area is 425 Å². The van der Waals surface area contributed by atoms with E-state index in [0.717, 1.165) is 35.7 Å². The maximum Gasteiger partial charge on any atom is 0.419 e. The van der Waals surface area contributed by atoms with Gasteiger partial charge in [-0.2, -0.15) is 26.3 Å². The molecule has 0 unspecified atom stereocenters. The molecule has 0 bridgehead atoms. The second-order valence-electron chi connectivity index (χ2n) is 21.2. The SMILES string of the molecule is CC(C)(C)OC(=O)Nc1cn(C(=O)OC(C)(C)C)c2ccc(C/C=C/c3ccc(C(F)(F)F)cn3)cc12.CC(C)(C)OC(=O)Nc1cn(C(=O)OC(C)(C)C)c2ccc(CCCc3ccc(C(F)(F)F)cn3)cc12. The Kier molecular flexibility index (Phi) is 17.4. The first-order valence-electron chi connectivity index (χ1n) is 23.5. The van der Waals surface area contributed by atoms with E-state index in [-0.39, 0.29) is 0 Å². The highest BCUT2D eigenvalue weighted by molar-refractivity contribution is 6.04. The van der Waals surface area contributed by atoms with E-state index in [4.69, 9.17) is 18.9 Å². The van der Waals surface area contributed by atoms with E-state index in [9.17, 15) is 45.5 Å². The number of carbonyl (C=O) groups is 4. The van der Waals surface area contributed by atoms with Gasteiger partial charge in [-0.15, -0.1) is 0 Å². The van der Waals surface area contributed by atoms with Gasteiger partial charge in [0, 0.05) is 41.3 Å². The summed E-state index contributed by atoms with van der Waals surface area (Å²) in [6.07, 6.45) is -1.18. The Morgan fingerprint density at radius 2 is 0.973 bits per heavy atom. The Bertz CT molecular complexity index is 2980. The number of rotatable bonds is 9. The third-order valence-electron chi connectivity index (χ3n) is 10.00. The number of benzene rings is 2.